The number of nitrogens with two attached hydrogens (primary N) is 1. The molecule has 0 saturated carbocycles. The molecule has 1 heterocycles. The molecule has 0 aliphatic carbocycles. The van der Waals surface area contributed by atoms with E-state index in [9.17, 15) is 4.39 Å². The van der Waals surface area contributed by atoms with E-state index in [1.54, 1.807) is 30.5 Å². The predicted molar refractivity (Wildman–Crippen MR) is 51.4 cm³/mol. The van der Waals surface area contributed by atoms with Crippen LogP contribution < -0.4 is 5.73 Å². The van der Waals surface area contributed by atoms with Crippen molar-refractivity contribution in [2.75, 3.05) is 0 Å². The van der Waals surface area contributed by atoms with Gasteiger partial charge in [-0.05, 0) is 18.2 Å². The van der Waals surface area contributed by atoms with Crippen LogP contribution in [-0.4, -0.2) is 9.78 Å². The molecule has 2 rings (SSSR count). The Bertz CT molecular complexity index is 436. The number of nitrogens with zero attached hydrogens (tertiary/aromatic N) is 2. The van der Waals surface area contributed by atoms with Gasteiger partial charge in [-0.3, -0.25) is 0 Å². The third kappa shape index (κ3) is 1.52. The highest BCUT2D eigenvalue weighted by atomic mass is 19.1. The van der Waals surface area contributed by atoms with Gasteiger partial charge in [0.25, 0.3) is 0 Å². The van der Waals surface area contributed by atoms with Crippen LogP contribution in [0.2, 0.25) is 0 Å². The SMILES string of the molecule is NCc1ccn(-c2ccccc2F)n1. The molecule has 0 fully saturated rings. The van der Waals surface area contributed by atoms with Crippen LogP contribution in [0.1, 0.15) is 5.69 Å². The molecule has 72 valence electrons. The van der Waals surface area contributed by atoms with Crippen molar-refractivity contribution in [2.45, 2.75) is 6.54 Å². The second kappa shape index (κ2) is 3.59. The Hall–Kier alpha value is -1.68. The van der Waals surface area contributed by atoms with E-state index in [1.165, 1.54) is 10.7 Å². The van der Waals surface area contributed by atoms with Gasteiger partial charge in [0, 0.05) is 12.7 Å². The van der Waals surface area contributed by atoms with Crippen molar-refractivity contribution in [3.05, 3.63) is 48.0 Å². The first-order valence-corrected chi connectivity index (χ1v) is 4.31. The minimum Gasteiger partial charge on any atom is -0.325 e. The van der Waals surface area contributed by atoms with E-state index in [0.29, 0.717) is 12.2 Å². The zero-order valence-corrected chi connectivity index (χ0v) is 7.52. The maximum atomic E-state index is 13.3. The number of rotatable bonds is 2. The van der Waals surface area contributed by atoms with Crippen molar-refractivity contribution in [1.29, 1.82) is 0 Å². The lowest BCUT2D eigenvalue weighted by Crippen LogP contribution is -2.01. The molecule has 0 radical (unpaired) electrons. The Kier molecular flexibility index (Phi) is 2.28. The van der Waals surface area contributed by atoms with Crippen LogP contribution in [0.5, 0.6) is 0 Å². The van der Waals surface area contributed by atoms with Crippen molar-refractivity contribution < 1.29 is 4.39 Å². The molecule has 0 bridgehead atoms. The molecule has 1 aromatic heterocycles. The van der Waals surface area contributed by atoms with Crippen LogP contribution in [-0.2, 0) is 6.54 Å². The van der Waals surface area contributed by atoms with E-state index in [4.69, 9.17) is 5.73 Å². The Labute approximate surface area is 81.0 Å². The van der Waals surface area contributed by atoms with Crippen molar-refractivity contribution in [3.8, 4) is 5.69 Å². The molecule has 0 aliphatic heterocycles. The number of benzene rings is 1. The number of para-hydroxylation sites is 1. The molecule has 0 atom stereocenters. The summed E-state index contributed by atoms with van der Waals surface area (Å²) in [6.45, 7) is 0.363. The van der Waals surface area contributed by atoms with Crippen LogP contribution in [0.4, 0.5) is 4.39 Å². The van der Waals surface area contributed by atoms with Crippen LogP contribution >= 0.6 is 0 Å². The third-order valence-corrected chi connectivity index (χ3v) is 1.95. The van der Waals surface area contributed by atoms with Gasteiger partial charge in [0.2, 0.25) is 0 Å². The first-order chi connectivity index (χ1) is 6.81. The standard InChI is InChI=1S/C10H10FN3/c11-9-3-1-2-4-10(9)14-6-5-8(7-12)13-14/h1-6H,7,12H2. The van der Waals surface area contributed by atoms with Gasteiger partial charge in [0.05, 0.1) is 5.69 Å². The third-order valence-electron chi connectivity index (χ3n) is 1.95. The molecule has 0 saturated heterocycles. The summed E-state index contributed by atoms with van der Waals surface area (Å²) in [6.07, 6.45) is 1.70. The Morgan fingerprint density at radius 2 is 2.07 bits per heavy atom. The number of aromatic nitrogens is 2. The lowest BCUT2D eigenvalue weighted by atomic mass is 10.3. The van der Waals surface area contributed by atoms with E-state index in [-0.39, 0.29) is 5.82 Å². The molecular weight excluding hydrogens is 181 g/mol. The van der Waals surface area contributed by atoms with Gasteiger partial charge in [-0.2, -0.15) is 5.10 Å². The molecule has 0 unspecified atom stereocenters. The molecule has 3 nitrogen and oxygen atoms in total. The van der Waals surface area contributed by atoms with Crippen LogP contribution in [0.15, 0.2) is 36.5 Å². The van der Waals surface area contributed by atoms with E-state index >= 15 is 0 Å². The van der Waals surface area contributed by atoms with Gasteiger partial charge >= 0.3 is 0 Å². The Balaban J connectivity index is 2.44. The van der Waals surface area contributed by atoms with E-state index in [1.807, 2.05) is 0 Å². The summed E-state index contributed by atoms with van der Waals surface area (Å²) in [5.41, 5.74) is 6.59. The molecule has 2 aromatic rings. The summed E-state index contributed by atoms with van der Waals surface area (Å²) < 4.78 is 14.8. The van der Waals surface area contributed by atoms with Crippen molar-refractivity contribution in [1.82, 2.24) is 9.78 Å². The zero-order valence-electron chi connectivity index (χ0n) is 7.52. The first-order valence-electron chi connectivity index (χ1n) is 4.31. The number of hydrogen-bond donors (Lipinski definition) is 1. The van der Waals surface area contributed by atoms with Crippen molar-refractivity contribution >= 4 is 0 Å². The highest BCUT2D eigenvalue weighted by Gasteiger charge is 2.04. The van der Waals surface area contributed by atoms with Crippen LogP contribution in [0.3, 0.4) is 0 Å². The molecule has 0 aliphatic rings. The predicted octanol–water partition coefficient (Wildman–Crippen LogP) is 1.47. The van der Waals surface area contributed by atoms with Gasteiger partial charge in [0.15, 0.2) is 0 Å². The van der Waals surface area contributed by atoms with Crippen molar-refractivity contribution in [2.24, 2.45) is 5.73 Å². The lowest BCUT2D eigenvalue weighted by molar-refractivity contribution is 0.609. The average Bonchev–Trinajstić information content (AvgIpc) is 2.67. The summed E-state index contributed by atoms with van der Waals surface area (Å²) in [5, 5.41) is 4.11. The topological polar surface area (TPSA) is 43.8 Å². The summed E-state index contributed by atoms with van der Waals surface area (Å²) in [7, 11) is 0. The van der Waals surface area contributed by atoms with Crippen molar-refractivity contribution in [3.63, 3.8) is 0 Å². The highest BCUT2D eigenvalue weighted by Crippen LogP contribution is 2.11. The minimum absolute atomic E-state index is 0.292. The summed E-state index contributed by atoms with van der Waals surface area (Å²) >= 11 is 0. The van der Waals surface area contributed by atoms with Crippen LogP contribution in [0.25, 0.3) is 5.69 Å². The fourth-order valence-corrected chi connectivity index (χ4v) is 1.24. The maximum absolute atomic E-state index is 13.3. The average molecular weight is 191 g/mol. The quantitative estimate of drug-likeness (QED) is 0.781. The van der Waals surface area contributed by atoms with Gasteiger partial charge in [-0.15, -0.1) is 0 Å². The number of hydrogen-bond acceptors (Lipinski definition) is 2. The summed E-state index contributed by atoms with van der Waals surface area (Å²) in [5.74, 6) is -0.292. The molecule has 1 aromatic carbocycles. The Morgan fingerprint density at radius 1 is 1.29 bits per heavy atom. The van der Waals surface area contributed by atoms with E-state index in [2.05, 4.69) is 5.10 Å². The fraction of sp³-hybridized carbons (Fsp3) is 0.100. The molecule has 0 amide bonds. The summed E-state index contributed by atoms with van der Waals surface area (Å²) in [4.78, 5) is 0. The fourth-order valence-electron chi connectivity index (χ4n) is 1.24. The largest absolute Gasteiger partial charge is 0.325 e. The lowest BCUT2D eigenvalue weighted by Gasteiger charge is -2.01. The monoisotopic (exact) mass is 191 g/mol. The molecule has 2 N–H and O–H groups in total. The molecular formula is C10H10FN3. The molecule has 14 heavy (non-hydrogen) atoms. The van der Waals surface area contributed by atoms with Gasteiger partial charge < -0.3 is 5.73 Å². The smallest absolute Gasteiger partial charge is 0.148 e. The highest BCUT2D eigenvalue weighted by molar-refractivity contribution is 5.32. The van der Waals surface area contributed by atoms with Crippen LogP contribution in [0, 0.1) is 5.82 Å². The maximum Gasteiger partial charge on any atom is 0.148 e. The first kappa shape index (κ1) is 8.90. The normalized spacial score (nSPS) is 10.4. The van der Waals surface area contributed by atoms with E-state index in [0.717, 1.165) is 5.69 Å². The molecule has 4 heteroatoms. The summed E-state index contributed by atoms with van der Waals surface area (Å²) in [6, 6.07) is 8.25. The number of halogens is 1. The minimum atomic E-state index is -0.292. The second-order valence-electron chi connectivity index (χ2n) is 2.91. The van der Waals surface area contributed by atoms with Gasteiger partial charge in [0.1, 0.15) is 11.5 Å². The van der Waals surface area contributed by atoms with Gasteiger partial charge in [-0.1, -0.05) is 12.1 Å². The van der Waals surface area contributed by atoms with E-state index < -0.39 is 0 Å². The zero-order chi connectivity index (χ0) is 9.97. The van der Waals surface area contributed by atoms with Gasteiger partial charge in [-0.25, -0.2) is 9.07 Å². The Morgan fingerprint density at radius 3 is 2.71 bits per heavy atom. The second-order valence-corrected chi connectivity index (χ2v) is 2.91. The molecule has 0 spiro atoms.